The summed E-state index contributed by atoms with van der Waals surface area (Å²) in [5, 5.41) is 0. The van der Waals surface area contributed by atoms with Crippen LogP contribution in [0.4, 0.5) is 45.5 Å². The molecule has 0 saturated heterocycles. The number of thiophene rings is 2. The summed E-state index contributed by atoms with van der Waals surface area (Å²) >= 11 is 3.91. The van der Waals surface area contributed by atoms with Gasteiger partial charge in [0, 0.05) is 53.4 Å². The van der Waals surface area contributed by atoms with Crippen molar-refractivity contribution in [2.24, 2.45) is 11.3 Å². The highest BCUT2D eigenvalue weighted by molar-refractivity contribution is 7.38. The Hall–Kier alpha value is -6.34. The van der Waals surface area contributed by atoms with Crippen molar-refractivity contribution < 1.29 is 0 Å². The molecule has 0 saturated carbocycles. The van der Waals surface area contributed by atoms with Crippen LogP contribution in [-0.2, 0) is 5.41 Å². The van der Waals surface area contributed by atoms with E-state index in [0.29, 0.717) is 5.92 Å². The molecule has 2 aromatic heterocycles. The first kappa shape index (κ1) is 40.4. The molecule has 0 radical (unpaired) electrons. The summed E-state index contributed by atoms with van der Waals surface area (Å²) in [5.41, 5.74) is 16.0. The lowest BCUT2D eigenvalue weighted by Gasteiger charge is -2.43. The van der Waals surface area contributed by atoms with Crippen LogP contribution in [0.1, 0.15) is 53.5 Å². The van der Waals surface area contributed by atoms with Gasteiger partial charge in [0.05, 0.1) is 17.1 Å². The molecule has 3 nitrogen and oxygen atoms in total. The number of nitrogens with zero attached hydrogens (tertiary/aromatic N) is 3. The van der Waals surface area contributed by atoms with E-state index in [1.54, 1.807) is 0 Å². The van der Waals surface area contributed by atoms with Crippen LogP contribution in [0.25, 0.3) is 20.9 Å². The Morgan fingerprint density at radius 1 is 0.531 bits per heavy atom. The minimum absolute atomic E-state index is 0.0320. The van der Waals surface area contributed by atoms with E-state index < -0.39 is 0 Å². The Balaban J connectivity index is 1.24. The molecule has 0 fully saturated rings. The van der Waals surface area contributed by atoms with Crippen molar-refractivity contribution in [3.63, 3.8) is 0 Å². The molecule has 2 aliphatic heterocycles. The first-order chi connectivity index (χ1) is 31.0. The standard InChI is InChI=1S/C58H52BN3S2/c1-57(2,3)41-27-31-45(32-28-41)61-48-35-47(60(43-23-15-9-16-24-43)44-25-17-10-18-26-44)36-49-54(48)59(55-50(61)37-52(63-55)39-19-11-7-12-20-39)56-51(38-53(64-56)40-21-13-8-14-22-40)62(49)46-33-29-42(30-34-46)58(4,5)6/h7-29,31-38,42H,30H2,1-6H3. The molecule has 64 heavy (non-hydrogen) atoms. The van der Waals surface area contributed by atoms with E-state index in [9.17, 15) is 0 Å². The van der Waals surface area contributed by atoms with Gasteiger partial charge >= 0.3 is 0 Å². The first-order valence-corrected chi connectivity index (χ1v) is 24.2. The molecule has 0 bridgehead atoms. The molecule has 11 rings (SSSR count). The van der Waals surface area contributed by atoms with E-state index in [4.69, 9.17) is 0 Å². The van der Waals surface area contributed by atoms with Crippen LogP contribution in [0.5, 0.6) is 0 Å². The monoisotopic (exact) mass is 865 g/mol. The third kappa shape index (κ3) is 7.04. The number of hydrogen-bond donors (Lipinski definition) is 0. The van der Waals surface area contributed by atoms with Gasteiger partial charge in [-0.05, 0) is 112 Å². The molecule has 8 aromatic rings. The minimum atomic E-state index is 0.0320. The van der Waals surface area contributed by atoms with Crippen molar-refractivity contribution in [1.82, 2.24) is 0 Å². The highest BCUT2D eigenvalue weighted by Gasteiger charge is 2.47. The summed E-state index contributed by atoms with van der Waals surface area (Å²) in [6.07, 6.45) is 8.37. The topological polar surface area (TPSA) is 9.72 Å². The van der Waals surface area contributed by atoms with E-state index in [1.807, 2.05) is 22.7 Å². The number of hydrogen-bond acceptors (Lipinski definition) is 5. The van der Waals surface area contributed by atoms with Crippen molar-refractivity contribution in [3.05, 3.63) is 199 Å². The van der Waals surface area contributed by atoms with Gasteiger partial charge in [-0.15, -0.1) is 22.7 Å². The third-order valence-electron chi connectivity index (χ3n) is 13.2. The van der Waals surface area contributed by atoms with Crippen LogP contribution < -0.4 is 29.7 Å². The van der Waals surface area contributed by atoms with Crippen molar-refractivity contribution in [2.75, 3.05) is 14.7 Å². The van der Waals surface area contributed by atoms with Gasteiger partial charge in [-0.1, -0.05) is 163 Å². The molecule has 1 aliphatic carbocycles. The Kier molecular flexibility index (Phi) is 9.94. The van der Waals surface area contributed by atoms with Crippen LogP contribution in [0, 0.1) is 11.3 Å². The van der Waals surface area contributed by atoms with E-state index in [-0.39, 0.29) is 17.5 Å². The molecule has 3 aliphatic rings. The molecule has 314 valence electrons. The third-order valence-corrected chi connectivity index (χ3v) is 15.7. The SMILES string of the molecule is CC(C)(C)c1ccc(N2c3cc(-c4ccccc4)sc3B3c4sc(-c5ccccc5)cc4N(C4=CCC(C(C)(C)C)C=C4)c4cc(N(c5ccccc5)c5ccccc5)cc2c43)cc1. The van der Waals surface area contributed by atoms with Crippen LogP contribution >= 0.6 is 22.7 Å². The maximum atomic E-state index is 2.61. The molecule has 1 unspecified atom stereocenters. The number of allylic oxidation sites excluding steroid dienone is 3. The molecular weight excluding hydrogens is 814 g/mol. The van der Waals surface area contributed by atoms with Crippen LogP contribution in [0.2, 0.25) is 0 Å². The second-order valence-corrected chi connectivity index (χ2v) is 21.6. The largest absolute Gasteiger partial charge is 0.311 e. The zero-order chi connectivity index (χ0) is 43.7. The number of rotatable bonds is 7. The maximum absolute atomic E-state index is 2.61. The highest BCUT2D eigenvalue weighted by atomic mass is 32.1. The molecule has 1 atom stereocenters. The Morgan fingerprint density at radius 3 is 1.48 bits per heavy atom. The van der Waals surface area contributed by atoms with E-state index in [0.717, 1.165) is 29.2 Å². The van der Waals surface area contributed by atoms with E-state index in [1.165, 1.54) is 69.9 Å². The lowest BCUT2D eigenvalue weighted by molar-refractivity contribution is 0.293. The van der Waals surface area contributed by atoms with Crippen LogP contribution in [-0.4, -0.2) is 6.71 Å². The molecule has 0 spiro atoms. The molecule has 0 amide bonds. The predicted molar refractivity (Wildman–Crippen MR) is 279 cm³/mol. The van der Waals surface area contributed by atoms with Crippen molar-refractivity contribution in [2.45, 2.75) is 53.4 Å². The quantitative estimate of drug-likeness (QED) is 0.148. The molecule has 6 heteroatoms. The smallest absolute Gasteiger partial charge is 0.277 e. The first-order valence-electron chi connectivity index (χ1n) is 22.6. The molecule has 0 N–H and O–H groups in total. The second kappa shape index (κ2) is 15.7. The molecule has 4 heterocycles. The fourth-order valence-corrected chi connectivity index (χ4v) is 12.4. The summed E-state index contributed by atoms with van der Waals surface area (Å²) in [6.45, 7) is 14.0. The van der Waals surface area contributed by atoms with Gasteiger partial charge in [0.15, 0.2) is 0 Å². The maximum Gasteiger partial charge on any atom is 0.277 e. The zero-order valence-electron chi connectivity index (χ0n) is 37.4. The van der Waals surface area contributed by atoms with Crippen LogP contribution in [0.15, 0.2) is 194 Å². The number of benzene rings is 6. The predicted octanol–water partition coefficient (Wildman–Crippen LogP) is 15.2. The van der Waals surface area contributed by atoms with Crippen LogP contribution in [0.3, 0.4) is 0 Å². The van der Waals surface area contributed by atoms with Crippen molar-refractivity contribution in [1.29, 1.82) is 0 Å². The number of anilines is 8. The summed E-state index contributed by atoms with van der Waals surface area (Å²) in [6, 6.07) is 62.9. The van der Waals surface area contributed by atoms with Gasteiger partial charge in [-0.2, -0.15) is 0 Å². The lowest BCUT2D eigenvalue weighted by atomic mass is 9.39. The van der Waals surface area contributed by atoms with Gasteiger partial charge < -0.3 is 14.7 Å². The average molecular weight is 866 g/mol. The van der Waals surface area contributed by atoms with Crippen molar-refractivity contribution in [3.8, 4) is 20.9 Å². The van der Waals surface area contributed by atoms with Gasteiger partial charge in [0.25, 0.3) is 6.71 Å². The van der Waals surface area contributed by atoms with Crippen molar-refractivity contribution >= 4 is 89.9 Å². The fraction of sp³-hybridized carbons (Fsp3) is 0.172. The summed E-state index contributed by atoms with van der Waals surface area (Å²) < 4.78 is 2.77. The molecular formula is C58H52BN3S2. The van der Waals surface area contributed by atoms with Gasteiger partial charge in [0.2, 0.25) is 0 Å². The Labute approximate surface area is 387 Å². The fourth-order valence-electron chi connectivity index (χ4n) is 9.77. The Morgan fingerprint density at radius 2 is 1.02 bits per heavy atom. The Bertz CT molecular complexity index is 3010. The minimum Gasteiger partial charge on any atom is -0.311 e. The van der Waals surface area contributed by atoms with E-state index >= 15 is 0 Å². The average Bonchev–Trinajstić information content (AvgIpc) is 3.96. The summed E-state index contributed by atoms with van der Waals surface area (Å²) in [7, 11) is 0. The summed E-state index contributed by atoms with van der Waals surface area (Å²) in [5.74, 6) is 0.458. The van der Waals surface area contributed by atoms with Gasteiger partial charge in [0.1, 0.15) is 0 Å². The zero-order valence-corrected chi connectivity index (χ0v) is 39.1. The van der Waals surface area contributed by atoms with Gasteiger partial charge in [-0.3, -0.25) is 0 Å². The second-order valence-electron chi connectivity index (χ2n) is 19.5. The normalized spacial score (nSPS) is 15.4. The number of para-hydroxylation sites is 2. The molecule has 6 aromatic carbocycles. The number of fused-ring (bicyclic) bond motifs is 4. The summed E-state index contributed by atoms with van der Waals surface area (Å²) in [4.78, 5) is 10.2. The van der Waals surface area contributed by atoms with E-state index in [2.05, 4.69) is 244 Å². The lowest BCUT2D eigenvalue weighted by Crippen LogP contribution is -2.59. The van der Waals surface area contributed by atoms with Gasteiger partial charge in [-0.25, -0.2) is 0 Å². The highest BCUT2D eigenvalue weighted by Crippen LogP contribution is 2.51.